The number of hydrogen-bond donors (Lipinski definition) is 0. The van der Waals surface area contributed by atoms with Gasteiger partial charge in [-0.25, -0.2) is 13.4 Å². The zero-order valence-corrected chi connectivity index (χ0v) is 20.5. The average Bonchev–Trinajstić information content (AvgIpc) is 3.37. The molecule has 32 heavy (non-hydrogen) atoms. The van der Waals surface area contributed by atoms with Crippen molar-refractivity contribution in [2.24, 2.45) is 0 Å². The van der Waals surface area contributed by atoms with Crippen molar-refractivity contribution in [3.63, 3.8) is 0 Å². The molecule has 6 nitrogen and oxygen atoms in total. The first-order valence-corrected chi connectivity index (χ1v) is 13.1. The van der Waals surface area contributed by atoms with Gasteiger partial charge < -0.3 is 4.90 Å². The number of benzene rings is 2. The highest BCUT2D eigenvalue weighted by molar-refractivity contribution is 7.89. The largest absolute Gasteiger partial charge is 0.307 e. The van der Waals surface area contributed by atoms with E-state index < -0.39 is 10.0 Å². The molecule has 2 aromatic carbocycles. The second-order valence-electron chi connectivity index (χ2n) is 7.53. The lowest BCUT2D eigenvalue weighted by Gasteiger charge is -2.20. The van der Waals surface area contributed by atoms with Crippen molar-refractivity contribution >= 4 is 44.6 Å². The van der Waals surface area contributed by atoms with Gasteiger partial charge in [0.15, 0.2) is 0 Å². The molecule has 0 N–H and O–H groups in total. The standard InChI is InChI=1S/C23H24ClN3O3S2/c1-4-26(5-2)32(29,30)19-9-10-20-16(14-19)11-12-27(20)23(28)21-15(3)25-22(31-21)17-7-6-8-18(24)13-17/h6-10,13-14H,4-5,11-12H2,1-3H3. The van der Waals surface area contributed by atoms with Crippen LogP contribution in [-0.2, 0) is 16.4 Å². The Morgan fingerprint density at radius 1 is 1.19 bits per heavy atom. The van der Waals surface area contributed by atoms with Crippen LogP contribution in [0.1, 0.15) is 34.8 Å². The molecule has 3 aromatic rings. The SMILES string of the molecule is CCN(CC)S(=O)(=O)c1ccc2c(c1)CCN2C(=O)c1sc(-c2cccc(Cl)c2)nc1C. The Morgan fingerprint density at radius 2 is 1.94 bits per heavy atom. The molecular formula is C23H24ClN3O3S2. The molecule has 168 valence electrons. The molecule has 1 aromatic heterocycles. The lowest BCUT2D eigenvalue weighted by molar-refractivity contribution is 0.0992. The molecule has 0 spiro atoms. The molecule has 1 amide bonds. The van der Waals surface area contributed by atoms with Crippen molar-refractivity contribution in [1.29, 1.82) is 0 Å². The highest BCUT2D eigenvalue weighted by Crippen LogP contribution is 2.35. The Hall–Kier alpha value is -2.26. The molecule has 0 unspecified atom stereocenters. The van der Waals surface area contributed by atoms with Crippen molar-refractivity contribution < 1.29 is 13.2 Å². The highest BCUT2D eigenvalue weighted by Gasteiger charge is 2.30. The van der Waals surface area contributed by atoms with Crippen LogP contribution in [-0.4, -0.2) is 43.2 Å². The van der Waals surface area contributed by atoms with Gasteiger partial charge in [0.25, 0.3) is 5.91 Å². The number of hydrogen-bond acceptors (Lipinski definition) is 5. The van der Waals surface area contributed by atoms with Crippen molar-refractivity contribution in [3.8, 4) is 10.6 Å². The van der Waals surface area contributed by atoms with Crippen LogP contribution in [0.5, 0.6) is 0 Å². The number of nitrogens with zero attached hydrogens (tertiary/aromatic N) is 3. The van der Waals surface area contributed by atoms with Gasteiger partial charge in [-0.05, 0) is 49.2 Å². The fraction of sp³-hybridized carbons (Fsp3) is 0.304. The zero-order valence-electron chi connectivity index (χ0n) is 18.1. The molecule has 0 fully saturated rings. The summed E-state index contributed by atoms with van der Waals surface area (Å²) in [6, 6.07) is 12.4. The Balaban J connectivity index is 1.64. The lowest BCUT2D eigenvalue weighted by Crippen LogP contribution is -2.30. The summed E-state index contributed by atoms with van der Waals surface area (Å²) in [5, 5.41) is 1.36. The Bertz CT molecular complexity index is 1280. The maximum Gasteiger partial charge on any atom is 0.270 e. The average molecular weight is 490 g/mol. The third-order valence-electron chi connectivity index (χ3n) is 5.60. The van der Waals surface area contributed by atoms with Crippen LogP contribution in [0.25, 0.3) is 10.6 Å². The molecule has 0 aliphatic carbocycles. The summed E-state index contributed by atoms with van der Waals surface area (Å²) in [5.41, 5.74) is 3.16. The van der Waals surface area contributed by atoms with E-state index in [-0.39, 0.29) is 10.8 Å². The van der Waals surface area contributed by atoms with E-state index in [1.54, 1.807) is 29.2 Å². The fourth-order valence-electron chi connectivity index (χ4n) is 3.92. The van der Waals surface area contributed by atoms with E-state index >= 15 is 0 Å². The minimum Gasteiger partial charge on any atom is -0.307 e. The molecule has 0 atom stereocenters. The van der Waals surface area contributed by atoms with Crippen molar-refractivity contribution in [1.82, 2.24) is 9.29 Å². The highest BCUT2D eigenvalue weighted by atomic mass is 35.5. The van der Waals surface area contributed by atoms with Gasteiger partial charge in [0, 0.05) is 35.9 Å². The summed E-state index contributed by atoms with van der Waals surface area (Å²) < 4.78 is 27.2. The van der Waals surface area contributed by atoms with E-state index in [9.17, 15) is 13.2 Å². The normalized spacial score (nSPS) is 13.6. The van der Waals surface area contributed by atoms with Crippen LogP contribution < -0.4 is 4.90 Å². The van der Waals surface area contributed by atoms with E-state index in [4.69, 9.17) is 11.6 Å². The number of aryl methyl sites for hydroxylation is 1. The van der Waals surface area contributed by atoms with Gasteiger partial charge in [0.2, 0.25) is 10.0 Å². The molecule has 0 saturated heterocycles. The first-order chi connectivity index (χ1) is 15.3. The maximum atomic E-state index is 13.4. The number of sulfonamides is 1. The number of anilines is 1. The van der Waals surface area contributed by atoms with Gasteiger partial charge >= 0.3 is 0 Å². The Morgan fingerprint density at radius 3 is 2.62 bits per heavy atom. The maximum absolute atomic E-state index is 13.4. The van der Waals surface area contributed by atoms with E-state index in [0.717, 1.165) is 21.8 Å². The Labute approximate surface area is 197 Å². The second kappa shape index (κ2) is 8.94. The fourth-order valence-corrected chi connectivity index (χ4v) is 6.64. The molecule has 4 rings (SSSR count). The van der Waals surface area contributed by atoms with E-state index in [1.165, 1.54) is 15.6 Å². The number of amides is 1. The molecule has 0 radical (unpaired) electrons. The number of halogens is 1. The number of thiazole rings is 1. The smallest absolute Gasteiger partial charge is 0.270 e. The van der Waals surface area contributed by atoms with Gasteiger partial charge in [-0.2, -0.15) is 4.31 Å². The van der Waals surface area contributed by atoms with Crippen molar-refractivity contribution in [3.05, 3.63) is 63.6 Å². The lowest BCUT2D eigenvalue weighted by atomic mass is 10.2. The van der Waals surface area contributed by atoms with E-state index in [1.807, 2.05) is 39.0 Å². The van der Waals surface area contributed by atoms with Gasteiger partial charge in [0.05, 0.1) is 10.6 Å². The molecule has 0 saturated carbocycles. The minimum atomic E-state index is -3.54. The van der Waals surface area contributed by atoms with Gasteiger partial charge in [0.1, 0.15) is 9.88 Å². The monoisotopic (exact) mass is 489 g/mol. The third-order valence-corrected chi connectivity index (χ3v) is 9.07. The molecule has 2 heterocycles. The zero-order chi connectivity index (χ0) is 23.0. The van der Waals surface area contributed by atoms with Crippen LogP contribution in [0.4, 0.5) is 5.69 Å². The number of aromatic nitrogens is 1. The molecule has 1 aliphatic rings. The molecule has 9 heteroatoms. The summed E-state index contributed by atoms with van der Waals surface area (Å²) >= 11 is 7.45. The van der Waals surface area contributed by atoms with Crippen molar-refractivity contribution in [2.45, 2.75) is 32.1 Å². The Kier molecular flexibility index (Phi) is 6.40. The summed E-state index contributed by atoms with van der Waals surface area (Å²) in [6.07, 6.45) is 0.613. The predicted octanol–water partition coefficient (Wildman–Crippen LogP) is 5.01. The van der Waals surface area contributed by atoms with Crippen LogP contribution in [0.2, 0.25) is 5.02 Å². The van der Waals surface area contributed by atoms with Crippen LogP contribution in [0, 0.1) is 6.92 Å². The van der Waals surface area contributed by atoms with E-state index in [0.29, 0.717) is 41.6 Å². The first-order valence-electron chi connectivity index (χ1n) is 10.4. The number of fused-ring (bicyclic) bond motifs is 1. The molecule has 0 bridgehead atoms. The summed E-state index contributed by atoms with van der Waals surface area (Å²) in [6.45, 7) is 6.81. The predicted molar refractivity (Wildman–Crippen MR) is 129 cm³/mol. The summed E-state index contributed by atoms with van der Waals surface area (Å²) in [5.74, 6) is -0.119. The van der Waals surface area contributed by atoms with Crippen LogP contribution in [0.15, 0.2) is 47.4 Å². The number of carbonyl (C=O) groups excluding carboxylic acids is 1. The third kappa shape index (κ3) is 4.08. The molecule has 1 aliphatic heterocycles. The summed E-state index contributed by atoms with van der Waals surface area (Å²) in [7, 11) is -3.54. The summed E-state index contributed by atoms with van der Waals surface area (Å²) in [4.78, 5) is 20.5. The van der Waals surface area contributed by atoms with Crippen LogP contribution >= 0.6 is 22.9 Å². The first kappa shape index (κ1) is 22.9. The minimum absolute atomic E-state index is 0.119. The van der Waals surface area contributed by atoms with Gasteiger partial charge in [-0.1, -0.05) is 37.6 Å². The van der Waals surface area contributed by atoms with Crippen molar-refractivity contribution in [2.75, 3.05) is 24.5 Å². The van der Waals surface area contributed by atoms with Gasteiger partial charge in [-0.15, -0.1) is 11.3 Å². The topological polar surface area (TPSA) is 70.6 Å². The number of rotatable bonds is 6. The molecular weight excluding hydrogens is 466 g/mol. The van der Waals surface area contributed by atoms with Crippen LogP contribution in [0.3, 0.4) is 0 Å². The second-order valence-corrected chi connectivity index (χ2v) is 10.9. The van der Waals surface area contributed by atoms with Gasteiger partial charge in [-0.3, -0.25) is 4.79 Å². The number of carbonyl (C=O) groups is 1. The quantitative estimate of drug-likeness (QED) is 0.488. The van der Waals surface area contributed by atoms with E-state index in [2.05, 4.69) is 4.98 Å².